The van der Waals surface area contributed by atoms with E-state index >= 15 is 0 Å². The van der Waals surface area contributed by atoms with Gasteiger partial charge >= 0.3 is 0 Å². The summed E-state index contributed by atoms with van der Waals surface area (Å²) in [5, 5.41) is 6.99. The number of nitrogens with zero attached hydrogens (tertiary/aromatic N) is 1. The second-order valence-electron chi connectivity index (χ2n) is 6.79. The number of aliphatic imine (C=N–C) groups is 1. The molecule has 2 rings (SSSR count). The number of carbonyl (C=O) groups is 1. The van der Waals surface area contributed by atoms with Gasteiger partial charge in [-0.1, -0.05) is 41.9 Å². The highest BCUT2D eigenvalue weighted by molar-refractivity contribution is 6.30. The number of nitrogens with one attached hydrogen (secondary N) is 2. The Kier molecular flexibility index (Phi) is 8.49. The molecule has 1 unspecified atom stereocenters. The van der Waals surface area contributed by atoms with Crippen LogP contribution in [0.4, 0.5) is 5.69 Å². The highest BCUT2D eigenvalue weighted by Crippen LogP contribution is 2.22. The van der Waals surface area contributed by atoms with Crippen molar-refractivity contribution >= 4 is 28.9 Å². The molecule has 27 heavy (non-hydrogen) atoms. The Morgan fingerprint density at radius 1 is 1.15 bits per heavy atom. The lowest BCUT2D eigenvalue weighted by Gasteiger charge is -2.18. The first-order chi connectivity index (χ1) is 13.0. The van der Waals surface area contributed by atoms with E-state index in [9.17, 15) is 4.79 Å². The molecule has 2 N–H and O–H groups in total. The van der Waals surface area contributed by atoms with Gasteiger partial charge in [-0.2, -0.15) is 0 Å². The average molecular weight is 386 g/mol. The molecule has 2 aromatic carbocycles. The summed E-state index contributed by atoms with van der Waals surface area (Å²) in [5.41, 5.74) is 4.08. The molecule has 0 radical (unpaired) electrons. The Balaban J connectivity index is 1.88. The van der Waals surface area contributed by atoms with Crippen molar-refractivity contribution in [3.63, 3.8) is 0 Å². The van der Waals surface area contributed by atoms with Crippen LogP contribution in [0.2, 0.25) is 5.02 Å². The van der Waals surface area contributed by atoms with Crippen LogP contribution in [0.25, 0.3) is 0 Å². The van der Waals surface area contributed by atoms with Gasteiger partial charge in [-0.3, -0.25) is 9.79 Å². The van der Waals surface area contributed by atoms with Crippen molar-refractivity contribution in [2.24, 2.45) is 4.99 Å². The minimum absolute atomic E-state index is 0.0496. The SMILES string of the molecule is CNCC(Cc1ccccc1)NC(=O)CCC(C)=Nc1ccc(Cl)cc1C. The number of rotatable bonds is 9. The molecule has 0 aromatic heterocycles. The predicted molar refractivity (Wildman–Crippen MR) is 114 cm³/mol. The zero-order valence-corrected chi connectivity index (χ0v) is 17.0. The van der Waals surface area contributed by atoms with Gasteiger partial charge in [0.2, 0.25) is 5.91 Å². The molecule has 0 saturated heterocycles. The van der Waals surface area contributed by atoms with Crippen LogP contribution in [0.3, 0.4) is 0 Å². The summed E-state index contributed by atoms with van der Waals surface area (Å²) in [7, 11) is 1.90. The third-order valence-corrected chi connectivity index (χ3v) is 4.56. The fourth-order valence-corrected chi connectivity index (χ4v) is 3.15. The van der Waals surface area contributed by atoms with Crippen LogP contribution in [0.5, 0.6) is 0 Å². The van der Waals surface area contributed by atoms with Gasteiger partial charge in [-0.25, -0.2) is 0 Å². The zero-order valence-electron chi connectivity index (χ0n) is 16.3. The molecule has 2 aromatic rings. The normalized spacial score (nSPS) is 12.7. The van der Waals surface area contributed by atoms with Gasteiger partial charge in [0.25, 0.3) is 0 Å². The molecule has 144 valence electrons. The van der Waals surface area contributed by atoms with Gasteiger partial charge in [0, 0.05) is 29.7 Å². The molecule has 0 fully saturated rings. The van der Waals surface area contributed by atoms with E-state index in [-0.39, 0.29) is 11.9 Å². The van der Waals surface area contributed by atoms with Crippen molar-refractivity contribution in [2.45, 2.75) is 39.2 Å². The van der Waals surface area contributed by atoms with Crippen molar-refractivity contribution < 1.29 is 4.79 Å². The van der Waals surface area contributed by atoms with E-state index in [0.29, 0.717) is 17.9 Å². The van der Waals surface area contributed by atoms with Gasteiger partial charge < -0.3 is 10.6 Å². The first-order valence-electron chi connectivity index (χ1n) is 9.26. The van der Waals surface area contributed by atoms with Crippen molar-refractivity contribution in [1.82, 2.24) is 10.6 Å². The Labute approximate surface area is 167 Å². The molecule has 0 heterocycles. The molecule has 0 aliphatic rings. The number of hydrogen-bond donors (Lipinski definition) is 2. The molecule has 0 aliphatic heterocycles. The molecule has 0 spiro atoms. The highest BCUT2D eigenvalue weighted by atomic mass is 35.5. The van der Waals surface area contributed by atoms with Crippen LogP contribution in [0.1, 0.15) is 30.9 Å². The number of benzene rings is 2. The lowest BCUT2D eigenvalue weighted by atomic mass is 10.1. The van der Waals surface area contributed by atoms with Crippen molar-refractivity contribution in [2.75, 3.05) is 13.6 Å². The molecular weight excluding hydrogens is 358 g/mol. The number of amides is 1. The third kappa shape index (κ3) is 7.53. The van der Waals surface area contributed by atoms with E-state index in [1.165, 1.54) is 5.56 Å². The summed E-state index contributed by atoms with van der Waals surface area (Å²) in [5.74, 6) is 0.0496. The summed E-state index contributed by atoms with van der Waals surface area (Å²) in [6.45, 7) is 4.67. The Hall–Kier alpha value is -2.17. The van der Waals surface area contributed by atoms with Crippen LogP contribution in [0, 0.1) is 6.92 Å². The van der Waals surface area contributed by atoms with Gasteiger partial charge in [-0.15, -0.1) is 0 Å². The molecule has 0 saturated carbocycles. The van der Waals surface area contributed by atoms with Gasteiger partial charge in [0.15, 0.2) is 0 Å². The first-order valence-corrected chi connectivity index (χ1v) is 9.64. The molecule has 0 aliphatic carbocycles. The van der Waals surface area contributed by atoms with Crippen LogP contribution < -0.4 is 10.6 Å². The van der Waals surface area contributed by atoms with Crippen LogP contribution in [-0.4, -0.2) is 31.3 Å². The maximum absolute atomic E-state index is 12.4. The smallest absolute Gasteiger partial charge is 0.220 e. The minimum atomic E-state index is 0.0496. The fourth-order valence-electron chi connectivity index (χ4n) is 2.92. The first kappa shape index (κ1) is 21.1. The lowest BCUT2D eigenvalue weighted by Crippen LogP contribution is -2.42. The van der Waals surface area contributed by atoms with E-state index in [0.717, 1.165) is 29.9 Å². The van der Waals surface area contributed by atoms with Crippen LogP contribution >= 0.6 is 11.6 Å². The summed E-state index contributed by atoms with van der Waals surface area (Å²) in [6, 6.07) is 15.9. The molecule has 1 atom stereocenters. The second-order valence-corrected chi connectivity index (χ2v) is 7.23. The second kappa shape index (κ2) is 10.9. The monoisotopic (exact) mass is 385 g/mol. The van der Waals surface area contributed by atoms with E-state index in [1.54, 1.807) is 0 Å². The molecular formula is C22H28ClN3O. The van der Waals surface area contributed by atoms with E-state index in [1.807, 2.05) is 57.3 Å². The largest absolute Gasteiger partial charge is 0.352 e. The summed E-state index contributed by atoms with van der Waals surface area (Å²) in [4.78, 5) is 17.0. The number of halogens is 1. The van der Waals surface area contributed by atoms with Gasteiger partial charge in [-0.05, 0) is 63.1 Å². The minimum Gasteiger partial charge on any atom is -0.352 e. The van der Waals surface area contributed by atoms with Gasteiger partial charge in [0.05, 0.1) is 5.69 Å². The van der Waals surface area contributed by atoms with Crippen molar-refractivity contribution in [3.8, 4) is 0 Å². The topological polar surface area (TPSA) is 53.5 Å². The Morgan fingerprint density at radius 2 is 1.89 bits per heavy atom. The third-order valence-electron chi connectivity index (χ3n) is 4.32. The van der Waals surface area contributed by atoms with Crippen molar-refractivity contribution in [1.29, 1.82) is 0 Å². The maximum atomic E-state index is 12.4. The lowest BCUT2D eigenvalue weighted by molar-refractivity contribution is -0.121. The molecule has 5 heteroatoms. The Bertz CT molecular complexity index is 774. The molecule has 0 bridgehead atoms. The van der Waals surface area contributed by atoms with E-state index in [2.05, 4.69) is 27.8 Å². The van der Waals surface area contributed by atoms with E-state index < -0.39 is 0 Å². The predicted octanol–water partition coefficient (Wildman–Crippen LogP) is 4.47. The fraction of sp³-hybridized carbons (Fsp3) is 0.364. The zero-order chi connectivity index (χ0) is 19.6. The van der Waals surface area contributed by atoms with E-state index in [4.69, 9.17) is 11.6 Å². The quantitative estimate of drug-likeness (QED) is 0.626. The summed E-state index contributed by atoms with van der Waals surface area (Å²) < 4.78 is 0. The number of hydrogen-bond acceptors (Lipinski definition) is 3. The van der Waals surface area contributed by atoms with Crippen molar-refractivity contribution in [3.05, 3.63) is 64.7 Å². The summed E-state index contributed by atoms with van der Waals surface area (Å²) >= 11 is 5.98. The highest BCUT2D eigenvalue weighted by Gasteiger charge is 2.12. The number of likely N-dealkylation sites (N-methyl/N-ethyl adjacent to an activating group) is 1. The molecule has 1 amide bonds. The Morgan fingerprint density at radius 3 is 2.56 bits per heavy atom. The van der Waals surface area contributed by atoms with Gasteiger partial charge in [0.1, 0.15) is 0 Å². The van der Waals surface area contributed by atoms with Crippen LogP contribution in [-0.2, 0) is 11.2 Å². The standard InChI is InChI=1S/C22H28ClN3O/c1-16-13-19(23)10-11-21(16)25-17(2)9-12-22(27)26-20(15-24-3)14-18-7-5-4-6-8-18/h4-8,10-11,13,20,24H,9,12,14-15H2,1-3H3,(H,26,27). The van der Waals surface area contributed by atoms with Crippen LogP contribution in [0.15, 0.2) is 53.5 Å². The molecule has 4 nitrogen and oxygen atoms in total. The average Bonchev–Trinajstić information content (AvgIpc) is 2.63. The number of carbonyl (C=O) groups excluding carboxylic acids is 1. The number of aryl methyl sites for hydroxylation is 1. The maximum Gasteiger partial charge on any atom is 0.220 e. The summed E-state index contributed by atoms with van der Waals surface area (Å²) in [6.07, 6.45) is 1.87.